The highest BCUT2D eigenvalue weighted by molar-refractivity contribution is 7.80. The molecule has 0 fully saturated rings. The van der Waals surface area contributed by atoms with Gasteiger partial charge in [-0.25, -0.2) is 8.78 Å². The third-order valence-corrected chi connectivity index (χ3v) is 2.63. The van der Waals surface area contributed by atoms with Gasteiger partial charge in [-0.2, -0.15) is 0 Å². The molecule has 2 rings (SSSR count). The standard InChI is InChI=1S/C13H10F2N2S/c14-9-3-1-2-4-11(9)17-12-6-5-8(13(16)18)7-10(12)15/h1-7,17H,(H2,16,18). The quantitative estimate of drug-likeness (QED) is 0.835. The summed E-state index contributed by atoms with van der Waals surface area (Å²) in [5.74, 6) is -0.987. The van der Waals surface area contributed by atoms with Gasteiger partial charge in [0.25, 0.3) is 0 Å². The van der Waals surface area contributed by atoms with Crippen LogP contribution in [0.1, 0.15) is 5.56 Å². The lowest BCUT2D eigenvalue weighted by molar-refractivity contribution is 0.625. The zero-order valence-corrected chi connectivity index (χ0v) is 10.1. The van der Waals surface area contributed by atoms with Gasteiger partial charge in [0.2, 0.25) is 0 Å². The lowest BCUT2D eigenvalue weighted by Gasteiger charge is -2.09. The number of halogens is 2. The van der Waals surface area contributed by atoms with Gasteiger partial charge in [0.1, 0.15) is 16.6 Å². The molecule has 0 radical (unpaired) electrons. The van der Waals surface area contributed by atoms with Gasteiger partial charge in [-0.05, 0) is 30.3 Å². The van der Waals surface area contributed by atoms with Gasteiger partial charge >= 0.3 is 0 Å². The van der Waals surface area contributed by atoms with Crippen LogP contribution in [0.4, 0.5) is 20.2 Å². The minimum atomic E-state index is -0.538. The van der Waals surface area contributed by atoms with Crippen LogP contribution < -0.4 is 11.1 Å². The summed E-state index contributed by atoms with van der Waals surface area (Å²) in [7, 11) is 0. The van der Waals surface area contributed by atoms with Crippen molar-refractivity contribution in [2.75, 3.05) is 5.32 Å². The third kappa shape index (κ3) is 2.62. The first-order chi connectivity index (χ1) is 8.58. The SMILES string of the molecule is NC(=S)c1ccc(Nc2ccccc2F)c(F)c1. The zero-order chi connectivity index (χ0) is 13.1. The summed E-state index contributed by atoms with van der Waals surface area (Å²) in [5, 5.41) is 2.67. The second-order valence-electron chi connectivity index (χ2n) is 3.66. The van der Waals surface area contributed by atoms with Crippen molar-refractivity contribution >= 4 is 28.6 Å². The van der Waals surface area contributed by atoms with Crippen LogP contribution in [0, 0.1) is 11.6 Å². The first-order valence-corrected chi connectivity index (χ1v) is 5.59. The summed E-state index contributed by atoms with van der Waals surface area (Å²) in [4.78, 5) is 0.117. The molecule has 0 atom stereocenters. The van der Waals surface area contributed by atoms with Crippen LogP contribution in [0.25, 0.3) is 0 Å². The molecule has 0 aromatic heterocycles. The van der Waals surface area contributed by atoms with Crippen LogP contribution in [0.2, 0.25) is 0 Å². The Morgan fingerprint density at radius 1 is 1.00 bits per heavy atom. The largest absolute Gasteiger partial charge is 0.389 e. The van der Waals surface area contributed by atoms with E-state index in [1.807, 2.05) is 0 Å². The number of hydrogen-bond donors (Lipinski definition) is 2. The van der Waals surface area contributed by atoms with Crippen molar-refractivity contribution in [1.82, 2.24) is 0 Å². The Hall–Kier alpha value is -2.01. The molecule has 0 spiro atoms. The van der Waals surface area contributed by atoms with E-state index in [0.29, 0.717) is 5.56 Å². The molecule has 92 valence electrons. The highest BCUT2D eigenvalue weighted by atomic mass is 32.1. The molecule has 2 nitrogen and oxygen atoms in total. The van der Waals surface area contributed by atoms with Crippen LogP contribution in [-0.4, -0.2) is 4.99 Å². The Morgan fingerprint density at radius 3 is 2.28 bits per heavy atom. The Morgan fingerprint density at radius 2 is 1.67 bits per heavy atom. The third-order valence-electron chi connectivity index (χ3n) is 2.40. The minimum Gasteiger partial charge on any atom is -0.389 e. The average molecular weight is 264 g/mol. The number of thiocarbonyl (C=S) groups is 1. The summed E-state index contributed by atoms with van der Waals surface area (Å²) in [6, 6.07) is 10.3. The second-order valence-corrected chi connectivity index (χ2v) is 4.10. The van der Waals surface area contributed by atoms with Crippen molar-refractivity contribution in [2.45, 2.75) is 0 Å². The van der Waals surface area contributed by atoms with Gasteiger partial charge in [-0.3, -0.25) is 0 Å². The molecule has 18 heavy (non-hydrogen) atoms. The van der Waals surface area contributed by atoms with Crippen molar-refractivity contribution < 1.29 is 8.78 Å². The average Bonchev–Trinajstić information content (AvgIpc) is 2.34. The molecular formula is C13H10F2N2S. The predicted molar refractivity (Wildman–Crippen MR) is 72.0 cm³/mol. The van der Waals surface area contributed by atoms with Gasteiger partial charge in [0, 0.05) is 5.56 Å². The molecule has 0 saturated heterocycles. The molecule has 0 heterocycles. The fourth-order valence-electron chi connectivity index (χ4n) is 1.48. The lowest BCUT2D eigenvalue weighted by Crippen LogP contribution is -2.10. The van der Waals surface area contributed by atoms with E-state index in [2.05, 4.69) is 5.32 Å². The van der Waals surface area contributed by atoms with Crippen molar-refractivity contribution in [2.24, 2.45) is 5.73 Å². The molecule has 5 heteroatoms. The zero-order valence-electron chi connectivity index (χ0n) is 9.28. The number of benzene rings is 2. The van der Waals surface area contributed by atoms with Crippen molar-refractivity contribution in [3.63, 3.8) is 0 Å². The van der Waals surface area contributed by atoms with Crippen molar-refractivity contribution in [3.8, 4) is 0 Å². The van der Waals surface area contributed by atoms with E-state index in [1.165, 1.54) is 24.3 Å². The molecule has 2 aromatic rings. The molecule has 0 bridgehead atoms. The summed E-state index contributed by atoms with van der Waals surface area (Å²) in [6.07, 6.45) is 0. The smallest absolute Gasteiger partial charge is 0.147 e. The van der Waals surface area contributed by atoms with Crippen molar-refractivity contribution in [1.29, 1.82) is 0 Å². The first-order valence-electron chi connectivity index (χ1n) is 5.19. The van der Waals surface area contributed by atoms with Crippen LogP contribution >= 0.6 is 12.2 Å². The van der Waals surface area contributed by atoms with E-state index in [1.54, 1.807) is 18.2 Å². The van der Waals surface area contributed by atoms with E-state index >= 15 is 0 Å². The predicted octanol–water partition coefficient (Wildman–Crippen LogP) is 3.34. The molecule has 0 saturated carbocycles. The lowest BCUT2D eigenvalue weighted by atomic mass is 10.2. The number of nitrogens with two attached hydrogens (primary N) is 1. The van der Waals surface area contributed by atoms with Crippen LogP contribution in [0.3, 0.4) is 0 Å². The van der Waals surface area contributed by atoms with Gasteiger partial charge < -0.3 is 11.1 Å². The van der Waals surface area contributed by atoms with Gasteiger partial charge in [-0.1, -0.05) is 24.4 Å². The maximum absolute atomic E-state index is 13.7. The molecule has 0 aliphatic carbocycles. The molecule has 0 amide bonds. The Bertz CT molecular complexity index is 599. The molecule has 3 N–H and O–H groups in total. The van der Waals surface area contributed by atoms with Crippen LogP contribution in [-0.2, 0) is 0 Å². The Kier molecular flexibility index (Phi) is 3.53. The molecule has 0 unspecified atom stereocenters. The van der Waals surface area contributed by atoms with Gasteiger partial charge in [0.05, 0.1) is 11.4 Å². The monoisotopic (exact) mass is 264 g/mol. The fraction of sp³-hybridized carbons (Fsp3) is 0. The van der Waals surface area contributed by atoms with Crippen LogP contribution in [0.5, 0.6) is 0 Å². The maximum Gasteiger partial charge on any atom is 0.147 e. The van der Waals surface area contributed by atoms with E-state index in [-0.39, 0.29) is 16.4 Å². The molecular weight excluding hydrogens is 254 g/mol. The van der Waals surface area contributed by atoms with E-state index in [9.17, 15) is 8.78 Å². The Labute approximate surface area is 108 Å². The topological polar surface area (TPSA) is 38.0 Å². The number of hydrogen-bond acceptors (Lipinski definition) is 2. The first kappa shape index (κ1) is 12.4. The number of anilines is 2. The molecule has 2 aromatic carbocycles. The normalized spacial score (nSPS) is 10.1. The maximum atomic E-state index is 13.7. The Balaban J connectivity index is 2.30. The van der Waals surface area contributed by atoms with Gasteiger partial charge in [-0.15, -0.1) is 0 Å². The summed E-state index contributed by atoms with van der Waals surface area (Å²) < 4.78 is 27.1. The molecule has 0 aliphatic rings. The summed E-state index contributed by atoms with van der Waals surface area (Å²) in [5.41, 5.74) is 6.20. The highest BCUT2D eigenvalue weighted by Crippen LogP contribution is 2.22. The van der Waals surface area contributed by atoms with E-state index in [4.69, 9.17) is 18.0 Å². The summed E-state index contributed by atoms with van der Waals surface area (Å²) in [6.45, 7) is 0. The van der Waals surface area contributed by atoms with Gasteiger partial charge in [0.15, 0.2) is 0 Å². The highest BCUT2D eigenvalue weighted by Gasteiger charge is 2.07. The van der Waals surface area contributed by atoms with E-state index < -0.39 is 11.6 Å². The fourth-order valence-corrected chi connectivity index (χ4v) is 1.60. The van der Waals surface area contributed by atoms with Crippen molar-refractivity contribution in [3.05, 3.63) is 59.7 Å². The summed E-state index contributed by atoms with van der Waals surface area (Å²) >= 11 is 4.75. The van der Waals surface area contributed by atoms with E-state index in [0.717, 1.165) is 0 Å². The number of rotatable bonds is 3. The number of nitrogens with one attached hydrogen (secondary N) is 1. The minimum absolute atomic E-state index is 0.117. The second kappa shape index (κ2) is 5.10. The van der Waals surface area contributed by atoms with Crippen LogP contribution in [0.15, 0.2) is 42.5 Å². The molecule has 0 aliphatic heterocycles. The number of para-hydroxylation sites is 1.